The van der Waals surface area contributed by atoms with Crippen LogP contribution in [0.15, 0.2) is 0 Å². The van der Waals surface area contributed by atoms with Crippen LogP contribution < -0.4 is 0 Å². The van der Waals surface area contributed by atoms with E-state index in [0.717, 1.165) is 19.1 Å². The van der Waals surface area contributed by atoms with Crippen LogP contribution in [0.4, 0.5) is 0 Å². The summed E-state index contributed by atoms with van der Waals surface area (Å²) in [6, 6.07) is 0. The van der Waals surface area contributed by atoms with E-state index in [1.807, 2.05) is 13.8 Å². The quantitative estimate of drug-likeness (QED) is 0.100. The molecule has 33 rings (SSSR count). The maximum absolute atomic E-state index is 15.5. The minimum absolute atomic E-state index is 0.0961. The first kappa shape index (κ1) is 27.8. The molecule has 0 heterocycles. The van der Waals surface area contributed by atoms with Crippen molar-refractivity contribution in [3.63, 3.8) is 0 Å². The molecule has 28 aromatic rings. The number of esters is 1. The van der Waals surface area contributed by atoms with Crippen LogP contribution in [0.25, 0.3) is 291 Å². The minimum Gasteiger partial charge on any atom is -0.464 e. The number of ether oxygens (including phenoxy) is 1. The molecule has 3 heteroatoms. The Labute approximate surface area is 393 Å². The SMILES string of the molecule is CC(C)(C=O)COC(=O)C1CC23c4c5c6c7c8c9c(c%10c%11c2c2c4c4c%12c5c5c6c6c8c8c%13c9c9c%10c%10c%11c%11c2c2c4c4c%12c%12c5c5c6c8c6c8c%13c9c9c%10c%10c%11c2c2c4c4c%12c5c6c5c8c9c%10c2c45)C73C1. The number of carbonyl (C=O) groups is 2. The Kier molecular flexibility index (Phi) is 2.43. The molecular formula is C69H14O3. The van der Waals surface area contributed by atoms with Gasteiger partial charge in [-0.25, -0.2) is 0 Å². The molecule has 0 aliphatic heterocycles. The van der Waals surface area contributed by atoms with Gasteiger partial charge >= 0.3 is 5.97 Å². The Hall–Kier alpha value is -8.40. The van der Waals surface area contributed by atoms with Gasteiger partial charge in [-0.05, 0) is 340 Å². The van der Waals surface area contributed by atoms with Crippen LogP contribution in [0, 0.1) is 11.3 Å². The monoisotopic (exact) mass is 890 g/mol. The van der Waals surface area contributed by atoms with Crippen molar-refractivity contribution >= 4 is 303 Å². The van der Waals surface area contributed by atoms with Crippen molar-refractivity contribution in [2.75, 3.05) is 6.61 Å². The fraction of sp³-hybridized carbons (Fsp3) is 0.130. The Morgan fingerprint density at radius 2 is 0.486 bits per heavy atom. The molecule has 0 atom stereocenters. The van der Waals surface area contributed by atoms with E-state index >= 15 is 4.79 Å². The summed E-state index contributed by atoms with van der Waals surface area (Å²) in [4.78, 5) is 27.9. The number of benzene rings is 18. The van der Waals surface area contributed by atoms with Crippen molar-refractivity contribution in [2.24, 2.45) is 11.3 Å². The van der Waals surface area contributed by atoms with Crippen molar-refractivity contribution in [2.45, 2.75) is 37.5 Å². The lowest BCUT2D eigenvalue weighted by Crippen LogP contribution is -2.47. The van der Waals surface area contributed by atoms with Gasteiger partial charge in [0.05, 0.1) is 11.3 Å². The summed E-state index contributed by atoms with van der Waals surface area (Å²) < 4.78 is 6.52. The van der Waals surface area contributed by atoms with E-state index < -0.39 is 16.2 Å². The standard InChI is InChI=1S/C69H14O3/c1-67(2,5-70)6-72-66(71)7-3-68-62-54-46-36-26-18-10-8-9-12-16-14(10)22-30-24(16)34-28-20(12)21-13(9)17-15-11(8)19(18)27-33-23(15)31-25(17)35-29(21)39-38(28)48-42(34)52-44(30)50(40(46)32(22)26)58(62)60(52)64-56(48)57-49(39)43(35)53-45(31)51-41(33)47(37(27)36)55(54)63(68)59(51)61(53)65(57)69(64,68)4-7/h5,7H,3-4,6H2,1-2H3. The third-order valence-electron chi connectivity index (χ3n) is 26.0. The second-order valence-electron chi connectivity index (χ2n) is 27.4. The van der Waals surface area contributed by atoms with Gasteiger partial charge in [0.1, 0.15) is 12.9 Å². The van der Waals surface area contributed by atoms with Crippen molar-refractivity contribution in [3.05, 3.63) is 22.3 Å². The van der Waals surface area contributed by atoms with E-state index in [4.69, 9.17) is 4.74 Å². The average molecular weight is 891 g/mol. The molecule has 0 radical (unpaired) electrons. The van der Waals surface area contributed by atoms with Crippen LogP contribution in [-0.2, 0) is 25.2 Å². The van der Waals surface area contributed by atoms with E-state index in [0.29, 0.717) is 0 Å². The summed E-state index contributed by atoms with van der Waals surface area (Å²) in [6.07, 6.45) is 2.48. The van der Waals surface area contributed by atoms with Crippen molar-refractivity contribution in [3.8, 4) is 0 Å². The molecule has 1 fully saturated rings. The molecule has 3 nitrogen and oxygen atoms in total. The summed E-state index contributed by atoms with van der Waals surface area (Å²) in [7, 11) is 0. The molecule has 72 heavy (non-hydrogen) atoms. The largest absolute Gasteiger partial charge is 0.464 e. The van der Waals surface area contributed by atoms with Gasteiger partial charge < -0.3 is 9.53 Å². The molecule has 0 N–H and O–H groups in total. The van der Waals surface area contributed by atoms with Gasteiger partial charge in [-0.3, -0.25) is 4.79 Å². The highest BCUT2D eigenvalue weighted by Gasteiger charge is 2.73. The van der Waals surface area contributed by atoms with Gasteiger partial charge in [0.2, 0.25) is 0 Å². The van der Waals surface area contributed by atoms with Gasteiger partial charge in [-0.1, -0.05) is 0 Å². The predicted molar refractivity (Wildman–Crippen MR) is 297 cm³/mol. The maximum atomic E-state index is 15.5. The molecular weight excluding hydrogens is 877 g/mol. The first-order valence-electron chi connectivity index (χ1n) is 26.9. The molecule has 5 aliphatic carbocycles. The zero-order chi connectivity index (χ0) is 43.7. The van der Waals surface area contributed by atoms with Crippen molar-refractivity contribution in [1.82, 2.24) is 0 Å². The number of hydrogen-bond donors (Lipinski definition) is 0. The van der Waals surface area contributed by atoms with Crippen LogP contribution in [0.1, 0.15) is 48.9 Å². The van der Waals surface area contributed by atoms with Crippen LogP contribution in [0.2, 0.25) is 0 Å². The number of carbonyl (C=O) groups excluding carboxylic acids is 2. The number of rotatable bonds is 4. The Bertz CT molecular complexity index is 6730. The average Bonchev–Trinajstić information content (AvgIpc) is 4.29. The highest BCUT2D eigenvalue weighted by Crippen LogP contribution is 2.86. The summed E-state index contributed by atoms with van der Waals surface area (Å²) >= 11 is 0. The second kappa shape index (κ2) is 6.27. The van der Waals surface area contributed by atoms with Crippen molar-refractivity contribution < 1.29 is 14.3 Å². The highest BCUT2D eigenvalue weighted by atomic mass is 16.5. The molecule has 0 saturated heterocycles. The summed E-state index contributed by atoms with van der Waals surface area (Å²) in [6.45, 7) is 3.93. The first-order chi connectivity index (χ1) is 35.5. The molecule has 28 aromatic carbocycles. The molecule has 5 aliphatic rings. The molecule has 1 saturated carbocycles. The molecule has 308 valence electrons. The van der Waals surface area contributed by atoms with Crippen LogP contribution >= 0.6 is 0 Å². The molecule has 0 bridgehead atoms. The number of hydrogen-bond acceptors (Lipinski definition) is 3. The molecule has 0 amide bonds. The first-order valence-corrected chi connectivity index (χ1v) is 26.9. The number of aldehydes is 1. The fourth-order valence-electron chi connectivity index (χ4n) is 25.7. The normalized spacial score (nSPS) is 23.4. The van der Waals surface area contributed by atoms with Gasteiger partial charge in [0.15, 0.2) is 0 Å². The van der Waals surface area contributed by atoms with Gasteiger partial charge in [0, 0.05) is 10.8 Å². The third kappa shape index (κ3) is 1.51. The summed E-state index contributed by atoms with van der Waals surface area (Å²) in [5.41, 5.74) is 4.82. The van der Waals surface area contributed by atoms with E-state index in [1.54, 1.807) is 313 Å². The third-order valence-corrected chi connectivity index (χ3v) is 26.0. The molecule has 2 spiro atoms. The Balaban J connectivity index is 1.10. The predicted octanol–water partition coefficient (Wildman–Crippen LogP) is 17.5. The van der Waals surface area contributed by atoms with Crippen LogP contribution in [-0.4, -0.2) is 18.9 Å². The minimum atomic E-state index is -0.741. The van der Waals surface area contributed by atoms with E-state index in [9.17, 15) is 4.79 Å². The lowest BCUT2D eigenvalue weighted by molar-refractivity contribution is -0.152. The second-order valence-corrected chi connectivity index (χ2v) is 27.4. The van der Waals surface area contributed by atoms with E-state index in [2.05, 4.69) is 0 Å². The topological polar surface area (TPSA) is 43.4 Å². The highest BCUT2D eigenvalue weighted by molar-refractivity contribution is 6.82. The van der Waals surface area contributed by atoms with Gasteiger partial charge in [0.25, 0.3) is 0 Å². The van der Waals surface area contributed by atoms with Crippen LogP contribution in [0.3, 0.4) is 0 Å². The van der Waals surface area contributed by atoms with Crippen LogP contribution in [0.5, 0.6) is 0 Å². The van der Waals surface area contributed by atoms with E-state index in [-0.39, 0.29) is 18.5 Å². The zero-order valence-electron chi connectivity index (χ0n) is 37.5. The maximum Gasteiger partial charge on any atom is 0.309 e. The lowest BCUT2D eigenvalue weighted by Gasteiger charge is -2.50. The smallest absolute Gasteiger partial charge is 0.309 e. The van der Waals surface area contributed by atoms with E-state index in [1.165, 1.54) is 0 Å². The Morgan fingerprint density at radius 3 is 0.639 bits per heavy atom. The Morgan fingerprint density at radius 1 is 0.333 bits per heavy atom. The molecule has 0 aromatic heterocycles. The lowest BCUT2D eigenvalue weighted by atomic mass is 9.50. The van der Waals surface area contributed by atoms with Crippen molar-refractivity contribution in [1.29, 1.82) is 0 Å². The van der Waals surface area contributed by atoms with Gasteiger partial charge in [-0.15, -0.1) is 0 Å². The fourth-order valence-corrected chi connectivity index (χ4v) is 25.7. The molecule has 0 unspecified atom stereocenters. The summed E-state index contributed by atoms with van der Waals surface area (Å²) in [5, 5.41) is 86.1. The summed E-state index contributed by atoms with van der Waals surface area (Å²) in [5.74, 6) is -0.409. The zero-order valence-corrected chi connectivity index (χ0v) is 37.5. The van der Waals surface area contributed by atoms with Gasteiger partial charge in [-0.2, -0.15) is 0 Å².